The van der Waals surface area contributed by atoms with Gasteiger partial charge < -0.3 is 9.47 Å². The molecule has 0 radical (unpaired) electrons. The average Bonchev–Trinajstić information content (AvgIpc) is 2.59. The second-order valence-electron chi connectivity index (χ2n) is 5.59. The van der Waals surface area contributed by atoms with E-state index in [4.69, 9.17) is 13.9 Å². The van der Waals surface area contributed by atoms with Crippen LogP contribution in [0.2, 0.25) is 0 Å². The molecule has 154 valence electrons. The monoisotopic (exact) mass is 426 g/mol. The first-order valence-electron chi connectivity index (χ1n) is 7.96. The number of benzene rings is 2. The summed E-state index contributed by atoms with van der Waals surface area (Å²) in [5, 5.41) is 0.983. The molecule has 0 aliphatic rings. The number of methoxy groups -OCH3 is 1. The predicted molar refractivity (Wildman–Crippen MR) is 97.3 cm³/mol. The van der Waals surface area contributed by atoms with Crippen LogP contribution < -0.4 is 9.47 Å². The van der Waals surface area contributed by atoms with Crippen molar-refractivity contribution >= 4 is 18.8 Å². The van der Waals surface area contributed by atoms with E-state index in [2.05, 4.69) is 0 Å². The van der Waals surface area contributed by atoms with E-state index in [1.807, 2.05) is 61.5 Å². The number of ether oxygens (including phenoxy) is 2. The first-order valence-corrected chi connectivity index (χ1v) is 9.99. The fourth-order valence-electron chi connectivity index (χ4n) is 2.28. The van der Waals surface area contributed by atoms with Gasteiger partial charge in [0.2, 0.25) is 0 Å². The molecular formula is C18H17F6O3P. The van der Waals surface area contributed by atoms with E-state index < -0.39 is 7.81 Å². The third-order valence-corrected chi connectivity index (χ3v) is 3.31. The van der Waals surface area contributed by atoms with Crippen molar-refractivity contribution in [2.75, 3.05) is 13.7 Å². The summed E-state index contributed by atoms with van der Waals surface area (Å²) >= 11 is 0. The Morgan fingerprint density at radius 3 is 2.00 bits per heavy atom. The summed E-state index contributed by atoms with van der Waals surface area (Å²) in [5.41, 5.74) is 1.80. The average molecular weight is 426 g/mol. The van der Waals surface area contributed by atoms with Crippen molar-refractivity contribution in [1.29, 1.82) is 0 Å². The van der Waals surface area contributed by atoms with Gasteiger partial charge in [-0.2, -0.15) is 0 Å². The number of fused-ring (bicyclic) bond motifs is 1. The zero-order valence-corrected chi connectivity index (χ0v) is 15.7. The van der Waals surface area contributed by atoms with E-state index in [9.17, 15) is 25.2 Å². The predicted octanol–water partition coefficient (Wildman–Crippen LogP) is 8.17. The molecule has 0 saturated carbocycles. The van der Waals surface area contributed by atoms with E-state index >= 15 is 0 Å². The van der Waals surface area contributed by atoms with Gasteiger partial charge in [-0.3, -0.25) is 0 Å². The van der Waals surface area contributed by atoms with E-state index in [0.29, 0.717) is 6.61 Å². The SMILES string of the molecule is CCOc1cc(-c2ccc(OC)cc2)[o+]c2ccccc12.F[P-](F)(F)(F)(F)F. The molecule has 10 heteroatoms. The van der Waals surface area contributed by atoms with E-state index in [1.165, 1.54) is 0 Å². The summed E-state index contributed by atoms with van der Waals surface area (Å²) in [6, 6.07) is 17.6. The molecule has 0 atom stereocenters. The Morgan fingerprint density at radius 2 is 1.46 bits per heavy atom. The maximum atomic E-state index is 9.87. The minimum absolute atomic E-state index is 0.621. The molecule has 0 aliphatic heterocycles. The molecule has 3 nitrogen and oxygen atoms in total. The molecule has 0 unspecified atom stereocenters. The van der Waals surface area contributed by atoms with Gasteiger partial charge in [-0.05, 0) is 37.3 Å². The molecule has 0 bridgehead atoms. The van der Waals surface area contributed by atoms with Crippen molar-refractivity contribution in [2.45, 2.75) is 6.92 Å². The molecule has 3 rings (SSSR count). The Morgan fingerprint density at radius 1 is 0.893 bits per heavy atom. The molecule has 2 aromatic carbocycles. The van der Waals surface area contributed by atoms with Crippen LogP contribution in [0.3, 0.4) is 0 Å². The molecule has 0 aliphatic carbocycles. The van der Waals surface area contributed by atoms with Crippen LogP contribution in [0.25, 0.3) is 22.3 Å². The fraction of sp³-hybridized carbons (Fsp3) is 0.167. The Kier molecular flexibility index (Phi) is 5.54. The Labute approximate surface area is 156 Å². The number of hydrogen-bond donors (Lipinski definition) is 0. The summed E-state index contributed by atoms with van der Waals surface area (Å²) in [7, 11) is -9.00. The van der Waals surface area contributed by atoms with Crippen LogP contribution in [-0.2, 0) is 0 Å². The standard InChI is InChI=1S/C18H17O3.F6P/c1-3-20-18-12-17(13-8-10-14(19-2)11-9-13)21-16-7-5-4-6-15(16)18;1-7(2,3,4,5)6/h4-12H,3H2,1-2H3;/q+1;-1. The molecule has 0 fully saturated rings. The van der Waals surface area contributed by atoms with Crippen LogP contribution >= 0.6 is 7.81 Å². The number of para-hydroxylation sites is 1. The van der Waals surface area contributed by atoms with Crippen molar-refractivity contribution < 1.29 is 39.1 Å². The van der Waals surface area contributed by atoms with E-state index in [1.54, 1.807) is 7.11 Å². The zero-order valence-electron chi connectivity index (χ0n) is 14.8. The molecular weight excluding hydrogens is 409 g/mol. The molecule has 1 aromatic heterocycles. The third-order valence-electron chi connectivity index (χ3n) is 3.31. The van der Waals surface area contributed by atoms with Crippen molar-refractivity contribution in [3.8, 4) is 22.8 Å². The minimum atomic E-state index is -10.7. The van der Waals surface area contributed by atoms with Crippen LogP contribution in [0.15, 0.2) is 59.0 Å². The second kappa shape index (κ2) is 7.13. The molecule has 0 amide bonds. The van der Waals surface area contributed by atoms with Crippen LogP contribution in [0.5, 0.6) is 11.5 Å². The molecule has 28 heavy (non-hydrogen) atoms. The Balaban J connectivity index is 0.000000345. The van der Waals surface area contributed by atoms with Gasteiger partial charge in [-0.1, -0.05) is 12.1 Å². The van der Waals surface area contributed by atoms with Gasteiger partial charge >= 0.3 is 44.3 Å². The van der Waals surface area contributed by atoms with Crippen molar-refractivity contribution in [2.24, 2.45) is 0 Å². The fourth-order valence-corrected chi connectivity index (χ4v) is 2.28. The van der Waals surface area contributed by atoms with Crippen molar-refractivity contribution in [3.63, 3.8) is 0 Å². The van der Waals surface area contributed by atoms with Gasteiger partial charge in [-0.15, -0.1) is 0 Å². The Hall–Kier alpha value is -2.54. The third kappa shape index (κ3) is 7.60. The summed E-state index contributed by atoms with van der Waals surface area (Å²) in [4.78, 5) is 0. The van der Waals surface area contributed by atoms with Gasteiger partial charge in [0.1, 0.15) is 16.9 Å². The molecule has 0 spiro atoms. The zero-order chi connectivity index (χ0) is 21.1. The van der Waals surface area contributed by atoms with E-state index in [-0.39, 0.29) is 0 Å². The van der Waals surface area contributed by atoms with Crippen LogP contribution in [0, 0.1) is 0 Å². The quantitative estimate of drug-likeness (QED) is 0.239. The van der Waals surface area contributed by atoms with Gasteiger partial charge in [-0.25, -0.2) is 4.42 Å². The summed E-state index contributed by atoms with van der Waals surface area (Å²) < 4.78 is 76.1. The van der Waals surface area contributed by atoms with Gasteiger partial charge in [0.05, 0.1) is 25.3 Å². The first-order chi connectivity index (χ1) is 12.8. The van der Waals surface area contributed by atoms with Crippen LogP contribution in [0.4, 0.5) is 25.2 Å². The molecule has 0 saturated heterocycles. The normalized spacial score (nSPS) is 13.7. The number of halogens is 6. The van der Waals surface area contributed by atoms with Crippen LogP contribution in [-0.4, -0.2) is 13.7 Å². The number of hydrogen-bond acceptors (Lipinski definition) is 2. The van der Waals surface area contributed by atoms with Crippen LogP contribution in [0.1, 0.15) is 6.92 Å². The van der Waals surface area contributed by atoms with Crippen molar-refractivity contribution in [3.05, 3.63) is 54.6 Å². The molecule has 0 N–H and O–H groups in total. The first kappa shape index (κ1) is 21.8. The summed E-state index contributed by atoms with van der Waals surface area (Å²) in [6.45, 7) is 2.60. The summed E-state index contributed by atoms with van der Waals surface area (Å²) in [6.07, 6.45) is 0. The molecule has 3 aromatic rings. The van der Waals surface area contributed by atoms with Gasteiger partial charge in [0.25, 0.3) is 0 Å². The van der Waals surface area contributed by atoms with Gasteiger partial charge in [0, 0.05) is 6.07 Å². The van der Waals surface area contributed by atoms with Crippen molar-refractivity contribution in [1.82, 2.24) is 0 Å². The molecule has 1 heterocycles. The van der Waals surface area contributed by atoms with E-state index in [0.717, 1.165) is 33.8 Å². The summed E-state index contributed by atoms with van der Waals surface area (Å²) in [5.74, 6) is 2.44. The Bertz CT molecular complexity index is 946. The second-order valence-corrected chi connectivity index (χ2v) is 7.51. The van der Waals surface area contributed by atoms with Gasteiger partial charge in [0.15, 0.2) is 0 Å². The maximum absolute atomic E-state index is 10.7. The number of rotatable bonds is 4. The topological polar surface area (TPSA) is 29.8 Å².